The Bertz CT molecular complexity index is 710. The summed E-state index contributed by atoms with van der Waals surface area (Å²) in [5.41, 5.74) is -0.208. The van der Waals surface area contributed by atoms with Crippen molar-refractivity contribution in [3.05, 3.63) is 54.6 Å². The summed E-state index contributed by atoms with van der Waals surface area (Å²) in [6.07, 6.45) is 0.503. The minimum atomic E-state index is -0.611. The van der Waals surface area contributed by atoms with E-state index in [0.29, 0.717) is 12.0 Å². The molecule has 0 saturated carbocycles. The topological polar surface area (TPSA) is 35.5 Å². The van der Waals surface area contributed by atoms with Crippen molar-refractivity contribution in [2.24, 2.45) is 0 Å². The van der Waals surface area contributed by atoms with E-state index in [4.69, 9.17) is 9.47 Å². The van der Waals surface area contributed by atoms with E-state index in [-0.39, 0.29) is 12.1 Å². The summed E-state index contributed by atoms with van der Waals surface area (Å²) in [4.78, 5) is 11.7. The lowest BCUT2D eigenvalue weighted by molar-refractivity contribution is -0.153. The van der Waals surface area contributed by atoms with Gasteiger partial charge in [0.05, 0.1) is 6.10 Å². The van der Waals surface area contributed by atoms with Crippen molar-refractivity contribution in [3.8, 4) is 5.75 Å². The van der Waals surface area contributed by atoms with Crippen LogP contribution in [-0.2, 0) is 9.53 Å². The molecular weight excluding hydrogens is 288 g/mol. The highest BCUT2D eigenvalue weighted by molar-refractivity contribution is 5.88. The average Bonchev–Trinajstić information content (AvgIpc) is 2.46. The fourth-order valence-electron chi connectivity index (χ4n) is 2.63. The molecule has 122 valence electrons. The smallest absolute Gasteiger partial charge is 0.333 e. The average molecular weight is 312 g/mol. The summed E-state index contributed by atoms with van der Waals surface area (Å²) in [6.45, 7) is 11.0. The molecule has 0 aliphatic carbocycles. The maximum atomic E-state index is 11.7. The van der Waals surface area contributed by atoms with Crippen molar-refractivity contribution in [2.75, 3.05) is 0 Å². The van der Waals surface area contributed by atoms with Crippen LogP contribution >= 0.6 is 0 Å². The number of rotatable bonds is 6. The highest BCUT2D eigenvalue weighted by Crippen LogP contribution is 2.28. The third kappa shape index (κ3) is 4.59. The number of carbonyl (C=O) groups is 1. The molecule has 1 atom stereocenters. The predicted octanol–water partition coefficient (Wildman–Crippen LogP) is 4.90. The normalized spacial score (nSPS) is 12.7. The van der Waals surface area contributed by atoms with Crippen LogP contribution in [0.25, 0.3) is 10.8 Å². The first-order valence-electron chi connectivity index (χ1n) is 7.82. The molecule has 0 heterocycles. The predicted molar refractivity (Wildman–Crippen MR) is 93.6 cm³/mol. The molecule has 0 saturated heterocycles. The maximum Gasteiger partial charge on any atom is 0.333 e. The van der Waals surface area contributed by atoms with Gasteiger partial charge < -0.3 is 9.47 Å². The zero-order valence-electron chi connectivity index (χ0n) is 14.3. The first kappa shape index (κ1) is 17.1. The summed E-state index contributed by atoms with van der Waals surface area (Å²) in [5, 5.41) is 2.23. The molecule has 1 unspecified atom stereocenters. The Morgan fingerprint density at radius 1 is 1.17 bits per heavy atom. The fourth-order valence-corrected chi connectivity index (χ4v) is 2.63. The van der Waals surface area contributed by atoms with Crippen LogP contribution in [0.15, 0.2) is 54.6 Å². The van der Waals surface area contributed by atoms with Gasteiger partial charge in [0, 0.05) is 17.4 Å². The molecule has 0 N–H and O–H groups in total. The van der Waals surface area contributed by atoms with Crippen LogP contribution in [0.3, 0.4) is 0 Å². The Morgan fingerprint density at radius 2 is 1.83 bits per heavy atom. The van der Waals surface area contributed by atoms with Crippen molar-refractivity contribution >= 4 is 16.7 Å². The Morgan fingerprint density at radius 3 is 2.52 bits per heavy atom. The van der Waals surface area contributed by atoms with Gasteiger partial charge >= 0.3 is 5.97 Å². The second kappa shape index (κ2) is 6.86. The van der Waals surface area contributed by atoms with Crippen LogP contribution in [0, 0.1) is 0 Å². The molecule has 0 radical (unpaired) electrons. The highest BCUT2D eigenvalue weighted by atomic mass is 16.6. The highest BCUT2D eigenvalue weighted by Gasteiger charge is 2.26. The van der Waals surface area contributed by atoms with Gasteiger partial charge in [-0.15, -0.1) is 0 Å². The minimum absolute atomic E-state index is 0.0891. The van der Waals surface area contributed by atoms with Gasteiger partial charge in [0.2, 0.25) is 0 Å². The molecule has 2 aromatic carbocycles. The van der Waals surface area contributed by atoms with Crippen molar-refractivity contribution in [1.82, 2.24) is 0 Å². The molecule has 2 aromatic rings. The standard InChI is InChI=1S/C20H24O3/c1-14(2)19(21)23-20(4,5)13-15(3)22-18-12-8-10-16-9-6-7-11-17(16)18/h6-12,15H,1,13H2,2-5H3. The van der Waals surface area contributed by atoms with E-state index in [1.54, 1.807) is 6.92 Å². The first-order chi connectivity index (χ1) is 10.8. The van der Waals surface area contributed by atoms with Crippen molar-refractivity contribution in [2.45, 2.75) is 45.8 Å². The van der Waals surface area contributed by atoms with Gasteiger partial charge in [-0.3, -0.25) is 0 Å². The van der Waals surface area contributed by atoms with E-state index in [1.807, 2.05) is 51.1 Å². The summed E-state index contributed by atoms with van der Waals surface area (Å²) < 4.78 is 11.6. The Balaban J connectivity index is 2.07. The Labute approximate surface area is 137 Å². The summed E-state index contributed by atoms with van der Waals surface area (Å²) in [7, 11) is 0. The van der Waals surface area contributed by atoms with E-state index in [1.165, 1.54) is 0 Å². The largest absolute Gasteiger partial charge is 0.490 e. The van der Waals surface area contributed by atoms with Crippen LogP contribution in [0.4, 0.5) is 0 Å². The van der Waals surface area contributed by atoms with E-state index >= 15 is 0 Å². The zero-order valence-corrected chi connectivity index (χ0v) is 14.3. The molecule has 0 bridgehead atoms. The van der Waals surface area contributed by atoms with Gasteiger partial charge in [-0.1, -0.05) is 43.0 Å². The van der Waals surface area contributed by atoms with Gasteiger partial charge in [-0.25, -0.2) is 4.79 Å². The molecular formula is C20H24O3. The lowest BCUT2D eigenvalue weighted by Gasteiger charge is -2.28. The lowest BCUT2D eigenvalue weighted by Crippen LogP contribution is -2.33. The van der Waals surface area contributed by atoms with E-state index in [2.05, 4.69) is 18.7 Å². The van der Waals surface area contributed by atoms with Crippen LogP contribution in [0.2, 0.25) is 0 Å². The monoisotopic (exact) mass is 312 g/mol. The van der Waals surface area contributed by atoms with Gasteiger partial charge in [-0.05, 0) is 39.1 Å². The van der Waals surface area contributed by atoms with Crippen LogP contribution in [0.1, 0.15) is 34.1 Å². The number of hydrogen-bond acceptors (Lipinski definition) is 3. The van der Waals surface area contributed by atoms with Gasteiger partial charge in [-0.2, -0.15) is 0 Å². The number of esters is 1. The minimum Gasteiger partial charge on any atom is -0.490 e. The third-order valence-corrected chi connectivity index (χ3v) is 3.57. The first-order valence-corrected chi connectivity index (χ1v) is 7.82. The number of carbonyl (C=O) groups excluding carboxylic acids is 1. The summed E-state index contributed by atoms with van der Waals surface area (Å²) in [6, 6.07) is 14.1. The van der Waals surface area contributed by atoms with Crippen LogP contribution in [0.5, 0.6) is 5.75 Å². The van der Waals surface area contributed by atoms with E-state index in [9.17, 15) is 4.79 Å². The zero-order chi connectivity index (χ0) is 17.0. The van der Waals surface area contributed by atoms with Crippen molar-refractivity contribution in [3.63, 3.8) is 0 Å². The Hall–Kier alpha value is -2.29. The quantitative estimate of drug-likeness (QED) is 0.562. The lowest BCUT2D eigenvalue weighted by atomic mass is 10.0. The summed E-state index contributed by atoms with van der Waals surface area (Å²) >= 11 is 0. The van der Waals surface area contributed by atoms with Crippen LogP contribution in [-0.4, -0.2) is 17.7 Å². The summed E-state index contributed by atoms with van der Waals surface area (Å²) in [5.74, 6) is 0.477. The van der Waals surface area contributed by atoms with Gasteiger partial charge in [0.1, 0.15) is 11.4 Å². The molecule has 0 aromatic heterocycles. The third-order valence-electron chi connectivity index (χ3n) is 3.57. The molecule has 3 nitrogen and oxygen atoms in total. The second-order valence-electron chi connectivity index (χ2n) is 6.54. The molecule has 23 heavy (non-hydrogen) atoms. The van der Waals surface area contributed by atoms with Crippen molar-refractivity contribution < 1.29 is 14.3 Å². The van der Waals surface area contributed by atoms with Crippen LogP contribution < -0.4 is 4.74 Å². The second-order valence-corrected chi connectivity index (χ2v) is 6.54. The molecule has 0 aliphatic heterocycles. The molecule has 2 rings (SSSR count). The maximum absolute atomic E-state index is 11.7. The molecule has 3 heteroatoms. The van der Waals surface area contributed by atoms with Gasteiger partial charge in [0.15, 0.2) is 0 Å². The molecule has 0 fully saturated rings. The molecule has 0 aliphatic rings. The SMILES string of the molecule is C=C(C)C(=O)OC(C)(C)CC(C)Oc1cccc2ccccc12. The number of hydrogen-bond donors (Lipinski definition) is 0. The fraction of sp³-hybridized carbons (Fsp3) is 0.350. The number of ether oxygens (including phenoxy) is 2. The van der Waals surface area contributed by atoms with Crippen molar-refractivity contribution in [1.29, 1.82) is 0 Å². The Kier molecular flexibility index (Phi) is 5.09. The number of benzene rings is 2. The number of fused-ring (bicyclic) bond motifs is 1. The van der Waals surface area contributed by atoms with E-state index in [0.717, 1.165) is 16.5 Å². The van der Waals surface area contributed by atoms with Gasteiger partial charge in [0.25, 0.3) is 0 Å². The molecule has 0 amide bonds. The molecule has 0 spiro atoms. The van der Waals surface area contributed by atoms with E-state index < -0.39 is 5.60 Å².